The van der Waals surface area contributed by atoms with Gasteiger partial charge in [-0.05, 0) is 6.42 Å². The smallest absolute Gasteiger partial charge is 0.222 e. The maximum Gasteiger partial charge on any atom is 0.222 e. The minimum atomic E-state index is 0.266. The Morgan fingerprint density at radius 2 is 2.38 bits per heavy atom. The minimum absolute atomic E-state index is 0.266. The van der Waals surface area contributed by atoms with E-state index in [0.29, 0.717) is 12.8 Å². The predicted molar refractivity (Wildman–Crippen MR) is 48.9 cm³/mol. The van der Waals surface area contributed by atoms with Crippen molar-refractivity contribution in [3.63, 3.8) is 0 Å². The van der Waals surface area contributed by atoms with Crippen molar-refractivity contribution >= 4 is 5.91 Å². The van der Waals surface area contributed by atoms with E-state index in [4.69, 9.17) is 5.26 Å². The van der Waals surface area contributed by atoms with Gasteiger partial charge in [-0.15, -0.1) is 0 Å². The molecule has 0 saturated carbocycles. The van der Waals surface area contributed by atoms with Gasteiger partial charge in [0, 0.05) is 39.0 Å². The third-order valence-electron chi connectivity index (χ3n) is 2.14. The molecule has 1 N–H and O–H groups in total. The summed E-state index contributed by atoms with van der Waals surface area (Å²) in [5.41, 5.74) is 0. The second-order valence-electron chi connectivity index (χ2n) is 3.14. The molecule has 0 bridgehead atoms. The number of carbonyl (C=O) groups is 1. The number of nitrogens with zero attached hydrogens (tertiary/aromatic N) is 2. The van der Waals surface area contributed by atoms with Gasteiger partial charge in [-0.1, -0.05) is 0 Å². The first-order valence-corrected chi connectivity index (χ1v) is 4.70. The monoisotopic (exact) mass is 181 g/mol. The van der Waals surface area contributed by atoms with Crippen LogP contribution >= 0.6 is 0 Å². The van der Waals surface area contributed by atoms with Gasteiger partial charge in [-0.2, -0.15) is 5.26 Å². The van der Waals surface area contributed by atoms with E-state index in [1.807, 2.05) is 4.90 Å². The number of carbonyl (C=O) groups excluding carboxylic acids is 1. The molecule has 0 spiro atoms. The van der Waals surface area contributed by atoms with Crippen molar-refractivity contribution in [2.75, 3.05) is 26.2 Å². The fourth-order valence-corrected chi connectivity index (χ4v) is 1.42. The molecule has 4 heteroatoms. The molecule has 1 fully saturated rings. The standard InChI is InChI=1S/C9H15N3O/c10-4-2-5-11-6-8-12-7-1-3-9(12)13/h11H,1-3,5-8H2. The highest BCUT2D eigenvalue weighted by Crippen LogP contribution is 2.07. The summed E-state index contributed by atoms with van der Waals surface area (Å²) < 4.78 is 0. The van der Waals surface area contributed by atoms with E-state index in [2.05, 4.69) is 11.4 Å². The average Bonchev–Trinajstić information content (AvgIpc) is 2.52. The molecule has 0 radical (unpaired) electrons. The average molecular weight is 181 g/mol. The number of rotatable bonds is 5. The quantitative estimate of drug-likeness (QED) is 0.612. The molecule has 1 heterocycles. The van der Waals surface area contributed by atoms with Crippen molar-refractivity contribution < 1.29 is 4.79 Å². The first-order chi connectivity index (χ1) is 6.34. The van der Waals surface area contributed by atoms with Crippen LogP contribution in [0.5, 0.6) is 0 Å². The highest BCUT2D eigenvalue weighted by atomic mass is 16.2. The van der Waals surface area contributed by atoms with Crippen molar-refractivity contribution in [1.82, 2.24) is 10.2 Å². The molecule has 13 heavy (non-hydrogen) atoms. The van der Waals surface area contributed by atoms with E-state index in [0.717, 1.165) is 32.6 Å². The molecular weight excluding hydrogens is 166 g/mol. The van der Waals surface area contributed by atoms with Crippen LogP contribution < -0.4 is 5.32 Å². The summed E-state index contributed by atoms with van der Waals surface area (Å²) in [6.45, 7) is 3.20. The zero-order valence-corrected chi connectivity index (χ0v) is 7.75. The minimum Gasteiger partial charge on any atom is -0.341 e. The maximum atomic E-state index is 11.1. The highest BCUT2D eigenvalue weighted by Gasteiger charge is 2.18. The molecule has 1 aliphatic rings. The SMILES string of the molecule is N#CCCNCCN1CCCC1=O. The lowest BCUT2D eigenvalue weighted by atomic mass is 10.4. The van der Waals surface area contributed by atoms with Crippen molar-refractivity contribution in [1.29, 1.82) is 5.26 Å². The number of hydrogen-bond donors (Lipinski definition) is 1. The molecule has 1 rings (SSSR count). The number of amides is 1. The Hall–Kier alpha value is -1.08. The largest absolute Gasteiger partial charge is 0.341 e. The molecule has 1 amide bonds. The van der Waals surface area contributed by atoms with Gasteiger partial charge in [0.25, 0.3) is 0 Å². The van der Waals surface area contributed by atoms with Crippen LogP contribution in [0.2, 0.25) is 0 Å². The summed E-state index contributed by atoms with van der Waals surface area (Å²) in [5.74, 6) is 0.266. The molecule has 0 unspecified atom stereocenters. The van der Waals surface area contributed by atoms with Crippen LogP contribution in [0.4, 0.5) is 0 Å². The summed E-state index contributed by atoms with van der Waals surface area (Å²) in [5, 5.41) is 11.4. The van der Waals surface area contributed by atoms with E-state index in [-0.39, 0.29) is 5.91 Å². The van der Waals surface area contributed by atoms with E-state index in [1.165, 1.54) is 0 Å². The maximum absolute atomic E-state index is 11.1. The van der Waals surface area contributed by atoms with Gasteiger partial charge in [0.05, 0.1) is 6.07 Å². The van der Waals surface area contributed by atoms with Crippen LogP contribution in [0.1, 0.15) is 19.3 Å². The van der Waals surface area contributed by atoms with Gasteiger partial charge in [0.2, 0.25) is 5.91 Å². The molecule has 1 saturated heterocycles. The van der Waals surface area contributed by atoms with Gasteiger partial charge < -0.3 is 10.2 Å². The van der Waals surface area contributed by atoms with Crippen LogP contribution in [0, 0.1) is 11.3 Å². The Bertz CT molecular complexity index is 209. The molecule has 0 aromatic heterocycles. The van der Waals surface area contributed by atoms with Crippen LogP contribution in [0.3, 0.4) is 0 Å². The zero-order valence-electron chi connectivity index (χ0n) is 7.75. The number of likely N-dealkylation sites (tertiary alicyclic amines) is 1. The molecule has 0 aromatic carbocycles. The fourth-order valence-electron chi connectivity index (χ4n) is 1.42. The molecule has 0 aromatic rings. The fraction of sp³-hybridized carbons (Fsp3) is 0.778. The normalized spacial score (nSPS) is 16.2. The first kappa shape index (κ1) is 10.0. The highest BCUT2D eigenvalue weighted by molar-refractivity contribution is 5.78. The molecule has 1 aliphatic heterocycles. The van der Waals surface area contributed by atoms with E-state index in [1.54, 1.807) is 0 Å². The van der Waals surface area contributed by atoms with Crippen molar-refractivity contribution in [2.24, 2.45) is 0 Å². The third-order valence-corrected chi connectivity index (χ3v) is 2.14. The van der Waals surface area contributed by atoms with Crippen molar-refractivity contribution in [2.45, 2.75) is 19.3 Å². The molecule has 72 valence electrons. The van der Waals surface area contributed by atoms with Crippen molar-refractivity contribution in [3.8, 4) is 6.07 Å². The Kier molecular flexibility index (Phi) is 4.27. The molecular formula is C9H15N3O. The van der Waals surface area contributed by atoms with Crippen LogP contribution in [-0.4, -0.2) is 37.0 Å². The lowest BCUT2D eigenvalue weighted by molar-refractivity contribution is -0.127. The Balaban J connectivity index is 2.00. The summed E-state index contributed by atoms with van der Waals surface area (Å²) >= 11 is 0. The number of hydrogen-bond acceptors (Lipinski definition) is 3. The van der Waals surface area contributed by atoms with Gasteiger partial charge in [0.15, 0.2) is 0 Å². The van der Waals surface area contributed by atoms with E-state index < -0.39 is 0 Å². The Morgan fingerprint density at radius 3 is 3.00 bits per heavy atom. The first-order valence-electron chi connectivity index (χ1n) is 4.70. The summed E-state index contributed by atoms with van der Waals surface area (Å²) in [4.78, 5) is 13.0. The molecule has 0 atom stereocenters. The van der Waals surface area contributed by atoms with Gasteiger partial charge in [-0.25, -0.2) is 0 Å². The summed E-state index contributed by atoms with van der Waals surface area (Å²) in [7, 11) is 0. The Labute approximate surface area is 78.5 Å². The lowest BCUT2D eigenvalue weighted by Crippen LogP contribution is -2.33. The summed E-state index contributed by atoms with van der Waals surface area (Å²) in [6, 6.07) is 2.06. The van der Waals surface area contributed by atoms with Gasteiger partial charge in [0.1, 0.15) is 0 Å². The number of nitriles is 1. The lowest BCUT2D eigenvalue weighted by Gasteiger charge is -2.14. The second kappa shape index (κ2) is 5.55. The van der Waals surface area contributed by atoms with E-state index >= 15 is 0 Å². The van der Waals surface area contributed by atoms with Gasteiger partial charge in [-0.3, -0.25) is 4.79 Å². The Morgan fingerprint density at radius 1 is 1.54 bits per heavy atom. The van der Waals surface area contributed by atoms with Crippen LogP contribution in [0.25, 0.3) is 0 Å². The predicted octanol–water partition coefficient (Wildman–Crippen LogP) is 0.112. The molecule has 0 aliphatic carbocycles. The third kappa shape index (κ3) is 3.43. The van der Waals surface area contributed by atoms with E-state index in [9.17, 15) is 4.79 Å². The topological polar surface area (TPSA) is 56.1 Å². The van der Waals surface area contributed by atoms with Crippen LogP contribution in [-0.2, 0) is 4.79 Å². The number of nitrogens with one attached hydrogen (secondary N) is 1. The van der Waals surface area contributed by atoms with Gasteiger partial charge >= 0.3 is 0 Å². The molecule has 4 nitrogen and oxygen atoms in total. The van der Waals surface area contributed by atoms with Crippen LogP contribution in [0.15, 0.2) is 0 Å². The zero-order chi connectivity index (χ0) is 9.52. The second-order valence-corrected chi connectivity index (χ2v) is 3.14. The summed E-state index contributed by atoms with van der Waals surface area (Å²) in [6.07, 6.45) is 2.24. The van der Waals surface area contributed by atoms with Crippen molar-refractivity contribution in [3.05, 3.63) is 0 Å².